The van der Waals surface area contributed by atoms with Crippen LogP contribution in [-0.2, 0) is 6.42 Å². The number of amides is 1. The van der Waals surface area contributed by atoms with Crippen molar-refractivity contribution < 1.29 is 15.0 Å². The van der Waals surface area contributed by atoms with E-state index < -0.39 is 12.1 Å². The maximum atomic E-state index is 12.4. The number of aromatic amines is 1. The largest absolute Gasteiger partial charge is 0.465 e. The summed E-state index contributed by atoms with van der Waals surface area (Å²) in [4.78, 5) is 17.0. The third-order valence-corrected chi connectivity index (χ3v) is 6.92. The van der Waals surface area contributed by atoms with E-state index in [4.69, 9.17) is 0 Å². The van der Waals surface area contributed by atoms with E-state index in [1.54, 1.807) is 0 Å². The van der Waals surface area contributed by atoms with Crippen LogP contribution in [0.4, 0.5) is 4.79 Å². The van der Waals surface area contributed by atoms with Crippen molar-refractivity contribution >= 4 is 32.9 Å². The Morgan fingerprint density at radius 1 is 1.03 bits per heavy atom. The number of H-pyrrole nitrogens is 1. The zero-order valence-corrected chi connectivity index (χ0v) is 18.9. The topological polar surface area (TPSA) is 76.6 Å². The lowest BCUT2D eigenvalue weighted by atomic mass is 9.95. The minimum Gasteiger partial charge on any atom is -0.465 e. The molecule has 3 aromatic carbocycles. The fraction of sp³-hybridized carbons (Fsp3) is 0.192. The molecule has 1 atom stereocenters. The predicted octanol–water partition coefficient (Wildman–Crippen LogP) is 5.63. The second kappa shape index (κ2) is 8.45. The molecular formula is C26H23BrN2O3. The molecule has 0 spiro atoms. The number of nitrogens with zero attached hydrogens (tertiary/aromatic N) is 1. The molecule has 1 aliphatic rings. The highest BCUT2D eigenvalue weighted by Gasteiger charge is 2.33. The molecular weight excluding hydrogens is 468 g/mol. The van der Waals surface area contributed by atoms with Crippen molar-refractivity contribution in [3.05, 3.63) is 94.1 Å². The van der Waals surface area contributed by atoms with E-state index in [0.717, 1.165) is 43.2 Å². The van der Waals surface area contributed by atoms with Gasteiger partial charge >= 0.3 is 6.09 Å². The SMILES string of the molecule is O=C(O)N(CC1c2ccccc2-c2ccccc21)[C@@H](CO)Cc1c[nH]c2ccc(Br)cc12. The highest BCUT2D eigenvalue weighted by molar-refractivity contribution is 9.10. The Balaban J connectivity index is 1.48. The second-order valence-corrected chi connectivity index (χ2v) is 9.12. The lowest BCUT2D eigenvalue weighted by Gasteiger charge is -2.31. The Bertz CT molecular complexity index is 1250. The van der Waals surface area contributed by atoms with Gasteiger partial charge in [0.2, 0.25) is 0 Å². The molecule has 162 valence electrons. The van der Waals surface area contributed by atoms with Gasteiger partial charge in [-0.15, -0.1) is 0 Å². The van der Waals surface area contributed by atoms with Gasteiger partial charge in [-0.05, 0) is 52.4 Å². The molecule has 0 unspecified atom stereocenters. The highest BCUT2D eigenvalue weighted by Crippen LogP contribution is 2.45. The van der Waals surface area contributed by atoms with Gasteiger partial charge < -0.3 is 20.1 Å². The number of halogens is 1. The van der Waals surface area contributed by atoms with Crippen molar-refractivity contribution in [2.45, 2.75) is 18.4 Å². The van der Waals surface area contributed by atoms with E-state index in [-0.39, 0.29) is 12.5 Å². The van der Waals surface area contributed by atoms with Crippen molar-refractivity contribution in [3.8, 4) is 11.1 Å². The first kappa shape index (κ1) is 20.8. The number of nitrogens with one attached hydrogen (secondary N) is 1. The van der Waals surface area contributed by atoms with Crippen LogP contribution in [0.15, 0.2) is 77.4 Å². The molecule has 5 nitrogen and oxygen atoms in total. The number of hydrogen-bond donors (Lipinski definition) is 3. The third-order valence-electron chi connectivity index (χ3n) is 6.42. The van der Waals surface area contributed by atoms with E-state index in [1.165, 1.54) is 4.90 Å². The van der Waals surface area contributed by atoms with Crippen LogP contribution >= 0.6 is 15.9 Å². The average Bonchev–Trinajstić information content (AvgIpc) is 3.34. The molecule has 4 aromatic rings. The first-order chi connectivity index (χ1) is 15.6. The number of aromatic nitrogens is 1. The first-order valence-corrected chi connectivity index (χ1v) is 11.4. The number of benzene rings is 3. The summed E-state index contributed by atoms with van der Waals surface area (Å²) in [5.41, 5.74) is 6.54. The van der Waals surface area contributed by atoms with Gasteiger partial charge in [0.15, 0.2) is 0 Å². The molecule has 0 fully saturated rings. The molecule has 3 N–H and O–H groups in total. The number of hydrogen-bond acceptors (Lipinski definition) is 2. The molecule has 5 rings (SSSR count). The summed E-state index contributed by atoms with van der Waals surface area (Å²) in [7, 11) is 0. The standard InChI is InChI=1S/C26H23BrN2O3/c27-17-9-10-25-23(12-17)16(13-28-25)11-18(15-30)29(26(31)32)14-24-21-7-3-1-5-19(21)20-6-2-4-8-22(20)24/h1-10,12-13,18,24,28,30H,11,14-15H2,(H,31,32)/t18-/m1/s1. The van der Waals surface area contributed by atoms with Gasteiger partial charge in [-0.1, -0.05) is 64.5 Å². The zero-order valence-electron chi connectivity index (χ0n) is 17.3. The van der Waals surface area contributed by atoms with Gasteiger partial charge in [0.1, 0.15) is 0 Å². The Hall–Kier alpha value is -3.09. The fourth-order valence-electron chi connectivity index (χ4n) is 4.88. The van der Waals surface area contributed by atoms with Crippen molar-refractivity contribution in [1.29, 1.82) is 0 Å². The molecule has 0 saturated heterocycles. The summed E-state index contributed by atoms with van der Waals surface area (Å²) in [6, 6.07) is 21.8. The van der Waals surface area contributed by atoms with Crippen LogP contribution in [-0.4, -0.2) is 45.4 Å². The maximum Gasteiger partial charge on any atom is 0.407 e. The van der Waals surface area contributed by atoms with Crippen molar-refractivity contribution in [2.75, 3.05) is 13.2 Å². The van der Waals surface area contributed by atoms with Crippen molar-refractivity contribution in [2.24, 2.45) is 0 Å². The lowest BCUT2D eigenvalue weighted by molar-refractivity contribution is 0.0957. The van der Waals surface area contributed by atoms with Gasteiger partial charge in [-0.2, -0.15) is 0 Å². The number of aliphatic hydroxyl groups excluding tert-OH is 1. The second-order valence-electron chi connectivity index (χ2n) is 8.21. The molecule has 1 heterocycles. The minimum atomic E-state index is -1.02. The van der Waals surface area contributed by atoms with Crippen LogP contribution < -0.4 is 0 Å². The van der Waals surface area contributed by atoms with Crippen molar-refractivity contribution in [1.82, 2.24) is 9.88 Å². The van der Waals surface area contributed by atoms with Crippen molar-refractivity contribution in [3.63, 3.8) is 0 Å². The van der Waals surface area contributed by atoms with Gasteiger partial charge in [0.25, 0.3) is 0 Å². The van der Waals surface area contributed by atoms with Gasteiger partial charge in [-0.25, -0.2) is 4.79 Å². The molecule has 6 heteroatoms. The molecule has 1 aliphatic carbocycles. The molecule has 0 aliphatic heterocycles. The third kappa shape index (κ3) is 3.59. The smallest absolute Gasteiger partial charge is 0.407 e. The Labute approximate surface area is 194 Å². The Morgan fingerprint density at radius 2 is 1.69 bits per heavy atom. The Kier molecular flexibility index (Phi) is 5.49. The minimum absolute atomic E-state index is 0.0651. The fourth-order valence-corrected chi connectivity index (χ4v) is 5.24. The van der Waals surface area contributed by atoms with E-state index in [9.17, 15) is 15.0 Å². The van der Waals surface area contributed by atoms with E-state index in [0.29, 0.717) is 13.0 Å². The first-order valence-electron chi connectivity index (χ1n) is 10.6. The molecule has 1 amide bonds. The summed E-state index contributed by atoms with van der Waals surface area (Å²) in [6.07, 6.45) is 1.31. The van der Waals surface area contributed by atoms with Crippen LogP contribution in [0.25, 0.3) is 22.0 Å². The molecule has 0 saturated carbocycles. The van der Waals surface area contributed by atoms with Gasteiger partial charge in [0, 0.05) is 34.0 Å². The van der Waals surface area contributed by atoms with E-state index >= 15 is 0 Å². The normalized spacial score (nSPS) is 13.7. The monoisotopic (exact) mass is 490 g/mol. The van der Waals surface area contributed by atoms with Gasteiger partial charge in [0.05, 0.1) is 12.6 Å². The summed E-state index contributed by atoms with van der Waals surface area (Å²) < 4.78 is 0.959. The predicted molar refractivity (Wildman–Crippen MR) is 129 cm³/mol. The van der Waals surface area contributed by atoms with Crippen LogP contribution in [0.5, 0.6) is 0 Å². The summed E-state index contributed by atoms with van der Waals surface area (Å²) >= 11 is 3.51. The van der Waals surface area contributed by atoms with E-state index in [2.05, 4.69) is 45.2 Å². The molecule has 1 aromatic heterocycles. The van der Waals surface area contributed by atoms with E-state index in [1.807, 2.05) is 48.7 Å². The number of carboxylic acid groups (broad SMARTS) is 1. The molecule has 0 bridgehead atoms. The maximum absolute atomic E-state index is 12.4. The summed E-state index contributed by atoms with van der Waals surface area (Å²) in [5.74, 6) is -0.0651. The highest BCUT2D eigenvalue weighted by atomic mass is 79.9. The summed E-state index contributed by atoms with van der Waals surface area (Å²) in [5, 5.41) is 21.4. The lowest BCUT2D eigenvalue weighted by Crippen LogP contribution is -2.45. The molecule has 32 heavy (non-hydrogen) atoms. The number of rotatable bonds is 6. The van der Waals surface area contributed by atoms with Gasteiger partial charge in [-0.3, -0.25) is 0 Å². The number of aliphatic hydroxyl groups is 1. The number of carbonyl (C=O) groups is 1. The quantitative estimate of drug-likeness (QED) is 0.328. The van der Waals surface area contributed by atoms with Crippen LogP contribution in [0.3, 0.4) is 0 Å². The Morgan fingerprint density at radius 3 is 2.31 bits per heavy atom. The average molecular weight is 491 g/mol. The number of fused-ring (bicyclic) bond motifs is 4. The summed E-state index contributed by atoms with van der Waals surface area (Å²) in [6.45, 7) is 0.0453. The zero-order chi connectivity index (χ0) is 22.2. The van der Waals surface area contributed by atoms with Crippen LogP contribution in [0, 0.1) is 0 Å². The van der Waals surface area contributed by atoms with Crippen LogP contribution in [0.1, 0.15) is 22.6 Å². The van der Waals surface area contributed by atoms with Crippen LogP contribution in [0.2, 0.25) is 0 Å². The molecule has 0 radical (unpaired) electrons.